The smallest absolute Gasteiger partial charge is 0.188 e. The molecule has 1 heterocycles. The highest BCUT2D eigenvalue weighted by Crippen LogP contribution is 2.20. The number of aromatic nitrogens is 4. The van der Waals surface area contributed by atoms with Gasteiger partial charge in [-0.05, 0) is 29.8 Å². The average Bonchev–Trinajstić information content (AvgIpc) is 3.07. The first-order chi connectivity index (χ1) is 11.8. The summed E-state index contributed by atoms with van der Waals surface area (Å²) in [6.07, 6.45) is 0. The van der Waals surface area contributed by atoms with Crippen molar-refractivity contribution in [2.45, 2.75) is 33.0 Å². The fourth-order valence-corrected chi connectivity index (χ4v) is 2.80. The lowest BCUT2D eigenvalue weighted by Gasteiger charge is -2.26. The predicted molar refractivity (Wildman–Crippen MR) is 94.3 cm³/mol. The zero-order valence-corrected chi connectivity index (χ0v) is 14.2. The monoisotopic (exact) mass is 321 g/mol. The summed E-state index contributed by atoms with van der Waals surface area (Å²) in [6, 6.07) is 21.0. The molecular weight excluding hydrogens is 298 g/mol. The summed E-state index contributed by atoms with van der Waals surface area (Å²) in [5.41, 5.74) is 2.47. The summed E-state index contributed by atoms with van der Waals surface area (Å²) in [4.78, 5) is 4.00. The van der Waals surface area contributed by atoms with Crippen LogP contribution in [0.15, 0.2) is 60.7 Å². The molecule has 0 saturated carbocycles. The highest BCUT2D eigenvalue weighted by Gasteiger charge is 2.16. The van der Waals surface area contributed by atoms with E-state index in [1.807, 2.05) is 24.3 Å². The summed E-state index contributed by atoms with van der Waals surface area (Å²) < 4.78 is 0. The first-order valence-electron chi connectivity index (χ1n) is 8.36. The highest BCUT2D eigenvalue weighted by molar-refractivity contribution is 5.18. The van der Waals surface area contributed by atoms with E-state index in [4.69, 9.17) is 0 Å². The Morgan fingerprint density at radius 3 is 2.33 bits per heavy atom. The Bertz CT molecular complexity index is 739. The van der Waals surface area contributed by atoms with Crippen LogP contribution >= 0.6 is 0 Å². The summed E-state index contributed by atoms with van der Waals surface area (Å²) >= 11 is 0. The van der Waals surface area contributed by atoms with Gasteiger partial charge in [0.05, 0.1) is 13.1 Å². The average molecular weight is 321 g/mol. The maximum Gasteiger partial charge on any atom is 0.188 e. The van der Waals surface area contributed by atoms with Gasteiger partial charge in [0, 0.05) is 6.04 Å². The number of hydrogen-bond donors (Lipinski definition) is 0. The van der Waals surface area contributed by atoms with Crippen molar-refractivity contribution in [1.29, 1.82) is 0 Å². The molecular formula is C19H23N5. The van der Waals surface area contributed by atoms with Crippen LogP contribution in [0.4, 0.5) is 0 Å². The van der Waals surface area contributed by atoms with Crippen LogP contribution in [0.2, 0.25) is 0 Å². The van der Waals surface area contributed by atoms with Crippen LogP contribution in [-0.2, 0) is 13.1 Å². The van der Waals surface area contributed by atoms with Crippen molar-refractivity contribution in [3.05, 3.63) is 77.6 Å². The van der Waals surface area contributed by atoms with Crippen LogP contribution in [-0.4, -0.2) is 31.7 Å². The molecule has 2 aromatic carbocycles. The number of tetrazole rings is 1. The second-order valence-electron chi connectivity index (χ2n) is 5.87. The molecule has 1 aromatic heterocycles. The Kier molecular flexibility index (Phi) is 5.33. The van der Waals surface area contributed by atoms with Crippen molar-refractivity contribution in [1.82, 2.24) is 25.1 Å². The fourth-order valence-electron chi connectivity index (χ4n) is 2.80. The molecule has 0 N–H and O–H groups in total. The first kappa shape index (κ1) is 16.3. The van der Waals surface area contributed by atoms with Crippen molar-refractivity contribution in [3.8, 4) is 0 Å². The van der Waals surface area contributed by atoms with Gasteiger partial charge in [0.15, 0.2) is 5.82 Å². The zero-order valence-electron chi connectivity index (χ0n) is 14.2. The molecule has 3 rings (SSSR count). The Labute approximate surface area is 142 Å². The van der Waals surface area contributed by atoms with Crippen LogP contribution < -0.4 is 0 Å². The number of rotatable bonds is 7. The molecule has 0 aliphatic rings. The second kappa shape index (κ2) is 7.84. The van der Waals surface area contributed by atoms with Crippen molar-refractivity contribution < 1.29 is 0 Å². The maximum atomic E-state index is 4.52. The van der Waals surface area contributed by atoms with E-state index < -0.39 is 0 Å². The molecule has 3 aromatic rings. The van der Waals surface area contributed by atoms with Gasteiger partial charge in [-0.2, -0.15) is 4.80 Å². The molecule has 0 unspecified atom stereocenters. The van der Waals surface area contributed by atoms with Gasteiger partial charge in [0.2, 0.25) is 0 Å². The predicted octanol–water partition coefficient (Wildman–Crippen LogP) is 3.30. The Morgan fingerprint density at radius 1 is 1.00 bits per heavy atom. The Morgan fingerprint density at radius 2 is 1.67 bits per heavy atom. The van der Waals surface area contributed by atoms with Crippen molar-refractivity contribution >= 4 is 0 Å². The second-order valence-corrected chi connectivity index (χ2v) is 5.87. The van der Waals surface area contributed by atoms with Gasteiger partial charge in [-0.1, -0.05) is 67.6 Å². The molecule has 0 aliphatic carbocycles. The van der Waals surface area contributed by atoms with E-state index in [0.29, 0.717) is 19.1 Å². The largest absolute Gasteiger partial charge is 0.289 e. The van der Waals surface area contributed by atoms with Gasteiger partial charge in [0.25, 0.3) is 0 Å². The molecule has 0 spiro atoms. The number of benzene rings is 2. The van der Waals surface area contributed by atoms with E-state index in [2.05, 4.69) is 70.6 Å². The first-order valence-corrected chi connectivity index (χ1v) is 8.36. The third-order valence-electron chi connectivity index (χ3n) is 4.24. The highest BCUT2D eigenvalue weighted by atomic mass is 15.6. The minimum Gasteiger partial charge on any atom is -0.289 e. The van der Waals surface area contributed by atoms with Crippen LogP contribution in [0.1, 0.15) is 36.8 Å². The molecule has 0 fully saturated rings. The summed E-state index contributed by atoms with van der Waals surface area (Å²) in [7, 11) is 0. The molecule has 0 aliphatic heterocycles. The van der Waals surface area contributed by atoms with Crippen LogP contribution in [0, 0.1) is 0 Å². The Hall–Kier alpha value is -2.53. The van der Waals surface area contributed by atoms with E-state index in [9.17, 15) is 0 Å². The van der Waals surface area contributed by atoms with Crippen LogP contribution in [0.25, 0.3) is 0 Å². The van der Waals surface area contributed by atoms with E-state index in [0.717, 1.165) is 12.4 Å². The lowest BCUT2D eigenvalue weighted by molar-refractivity contribution is 0.207. The molecule has 0 saturated heterocycles. The molecule has 24 heavy (non-hydrogen) atoms. The third-order valence-corrected chi connectivity index (χ3v) is 4.24. The fraction of sp³-hybridized carbons (Fsp3) is 0.316. The maximum absolute atomic E-state index is 4.52. The van der Waals surface area contributed by atoms with E-state index >= 15 is 0 Å². The standard InChI is InChI=1S/C19H23N5/c1-3-23(16(2)18-12-8-5-9-13-18)15-19-20-22-24(21-19)14-17-10-6-4-7-11-17/h4-13,16H,3,14-15H2,1-2H3/t16-/m1/s1. The normalized spacial score (nSPS) is 12.5. The molecule has 1 atom stereocenters. The molecule has 124 valence electrons. The van der Waals surface area contributed by atoms with E-state index in [1.165, 1.54) is 11.1 Å². The molecule has 5 nitrogen and oxygen atoms in total. The van der Waals surface area contributed by atoms with Crippen LogP contribution in [0.3, 0.4) is 0 Å². The Balaban J connectivity index is 1.66. The lowest BCUT2D eigenvalue weighted by Crippen LogP contribution is -2.27. The van der Waals surface area contributed by atoms with Crippen molar-refractivity contribution in [3.63, 3.8) is 0 Å². The summed E-state index contributed by atoms with van der Waals surface area (Å²) in [5.74, 6) is 0.760. The minimum absolute atomic E-state index is 0.317. The third kappa shape index (κ3) is 4.06. The van der Waals surface area contributed by atoms with Gasteiger partial charge in [-0.25, -0.2) is 0 Å². The van der Waals surface area contributed by atoms with Crippen molar-refractivity contribution in [2.24, 2.45) is 0 Å². The van der Waals surface area contributed by atoms with Gasteiger partial charge < -0.3 is 0 Å². The zero-order chi connectivity index (χ0) is 16.8. The summed E-state index contributed by atoms with van der Waals surface area (Å²) in [6.45, 7) is 6.65. The molecule has 0 amide bonds. The molecule has 0 bridgehead atoms. The summed E-state index contributed by atoms with van der Waals surface area (Å²) in [5, 5.41) is 12.9. The minimum atomic E-state index is 0.317. The lowest BCUT2D eigenvalue weighted by atomic mass is 10.1. The SMILES string of the molecule is CCN(Cc1nnn(Cc2ccccc2)n1)[C@H](C)c1ccccc1. The quantitative estimate of drug-likeness (QED) is 0.670. The van der Waals surface area contributed by atoms with Gasteiger partial charge in [-0.3, -0.25) is 4.90 Å². The van der Waals surface area contributed by atoms with Crippen molar-refractivity contribution in [2.75, 3.05) is 6.54 Å². The number of nitrogens with zero attached hydrogens (tertiary/aromatic N) is 5. The topological polar surface area (TPSA) is 46.8 Å². The van der Waals surface area contributed by atoms with Gasteiger partial charge in [-0.15, -0.1) is 10.2 Å². The molecule has 0 radical (unpaired) electrons. The number of hydrogen-bond acceptors (Lipinski definition) is 4. The van der Waals surface area contributed by atoms with Gasteiger partial charge >= 0.3 is 0 Å². The van der Waals surface area contributed by atoms with Crippen LogP contribution in [0.5, 0.6) is 0 Å². The molecule has 5 heteroatoms. The van der Waals surface area contributed by atoms with Gasteiger partial charge in [0.1, 0.15) is 0 Å². The van der Waals surface area contributed by atoms with E-state index in [1.54, 1.807) is 4.80 Å². The van der Waals surface area contributed by atoms with E-state index in [-0.39, 0.29) is 0 Å².